The Hall–Kier alpha value is -3.45. The maximum Gasteiger partial charge on any atom is 0.148 e. The Morgan fingerprint density at radius 2 is 0.959 bits per heavy atom. The number of ketones is 9. The summed E-state index contributed by atoms with van der Waals surface area (Å²) in [6, 6.07) is -0.361. The van der Waals surface area contributed by atoms with Crippen LogP contribution in [0.1, 0.15) is 102 Å². The normalized spacial score (nSPS) is 15.3. The van der Waals surface area contributed by atoms with Crippen LogP contribution in [0, 0.1) is 5.92 Å². The molecule has 21 heteroatoms. The smallest absolute Gasteiger partial charge is 0.148 e. The average molecular weight is 1060 g/mol. The van der Waals surface area contributed by atoms with Gasteiger partial charge in [-0.2, -0.15) is 0 Å². The molecule has 0 radical (unpaired) electrons. The van der Waals surface area contributed by atoms with Crippen molar-refractivity contribution in [1.29, 1.82) is 0 Å². The fourth-order valence-corrected chi connectivity index (χ4v) is 6.63. The SMILES string of the molecule is C.CC(=O)[C@H]1CN(C)CCN1C.CNCCC[C@H](CNC)C(C)=O.CNC[C@@H](NC)C(C)=O.CNC[C@H](C(C)=O)N(C)C.CN[C@H](CC(C)=O)C(C)=O.CN[C@H](CCC(C)=O)C(C)=O.CN[C@H](CN(C)C)C(C)=O. The first-order valence-electron chi connectivity index (χ1n) is 25.4. The van der Waals surface area contributed by atoms with Crippen molar-refractivity contribution in [2.24, 2.45) is 5.92 Å². The molecule has 1 aliphatic rings. The highest BCUT2D eigenvalue weighted by Gasteiger charge is 2.25. The van der Waals surface area contributed by atoms with Crippen LogP contribution in [0.4, 0.5) is 0 Å². The van der Waals surface area contributed by atoms with E-state index in [9.17, 15) is 43.2 Å². The number of hydrogen-bond acceptors (Lipinski definition) is 21. The predicted molar refractivity (Wildman–Crippen MR) is 306 cm³/mol. The maximum atomic E-state index is 11.1. The molecule has 0 bridgehead atoms. The second-order valence-corrected chi connectivity index (χ2v) is 18.9. The first kappa shape index (κ1) is 84.5. The minimum atomic E-state index is -0.294. The number of nitrogens with zero attached hydrogens (tertiary/aromatic N) is 4. The quantitative estimate of drug-likeness (QED) is 0.0471. The minimum absolute atomic E-state index is 0. The Morgan fingerprint density at radius 1 is 0.514 bits per heavy atom. The molecular weight excluding hydrogens is 949 g/mol. The summed E-state index contributed by atoms with van der Waals surface area (Å²) in [7, 11) is 26.3. The maximum absolute atomic E-state index is 11.1. The first-order valence-corrected chi connectivity index (χ1v) is 25.4. The number of carbonyl (C=O) groups excluding carboxylic acids is 9. The summed E-state index contributed by atoms with van der Waals surface area (Å²) in [5, 5.41) is 23.4. The second kappa shape index (κ2) is 54.3. The molecule has 7 atom stereocenters. The number of piperazine rings is 1. The Kier molecular flexibility index (Phi) is 62.1. The zero-order chi connectivity index (χ0) is 58.4. The van der Waals surface area contributed by atoms with Gasteiger partial charge in [-0.25, -0.2) is 0 Å². The third kappa shape index (κ3) is 53.4. The Bertz CT molecular complexity index is 1500. The van der Waals surface area contributed by atoms with Crippen molar-refractivity contribution in [3.8, 4) is 0 Å². The molecule has 440 valence electrons. The minimum Gasteiger partial charge on any atom is -0.320 e. The van der Waals surface area contributed by atoms with Crippen LogP contribution in [-0.4, -0.2) is 259 Å². The molecule has 74 heavy (non-hydrogen) atoms. The van der Waals surface area contributed by atoms with Crippen molar-refractivity contribution in [3.05, 3.63) is 0 Å². The van der Waals surface area contributed by atoms with Gasteiger partial charge in [-0.15, -0.1) is 0 Å². The molecule has 0 aromatic heterocycles. The summed E-state index contributed by atoms with van der Waals surface area (Å²) in [5.41, 5.74) is 0. The van der Waals surface area contributed by atoms with Gasteiger partial charge in [0.25, 0.3) is 0 Å². The van der Waals surface area contributed by atoms with E-state index in [1.165, 1.54) is 27.7 Å². The van der Waals surface area contributed by atoms with E-state index in [2.05, 4.69) is 59.4 Å². The Balaban J connectivity index is -0.000000141. The topological polar surface area (TPSA) is 263 Å². The second-order valence-electron chi connectivity index (χ2n) is 18.9. The Morgan fingerprint density at radius 3 is 1.19 bits per heavy atom. The molecule has 0 aliphatic carbocycles. The number of carbonyl (C=O) groups is 9. The summed E-state index contributed by atoms with van der Waals surface area (Å²) >= 11 is 0. The molecule has 21 nitrogen and oxygen atoms in total. The molecule has 0 unspecified atom stereocenters. The standard InChI is InChI=1S/C9H20N2O.C8H16N2O.C8H15NO2.2C7H16N2O.C7H13NO2.C6H14N2O.CH4/c1-8(12)9(7-11-3)5-4-6-10-2;1-7(11)8-6-9(2)4-5-10(8)3;1-6(10)4-5-8(9-3)7(2)11;1-6(10)7(8-2)5-9(3)4;1-6(10)7(5-8-2)9(3)4;1-5(9)4-7(8-3)6(2)10;1-5(9)6(8-3)4-7-2;/h9-11H,4-7H2,1-3H3;8H,4-6H2,1-3H3;8-9H,4-5H2,1-3H3;2*7-8H,5H2,1-4H3;7-8H,4H2,1-3H3;6-8H,4H2,1-3H3;1H4/t9-;2*8-;3*7-;6-;/m1111111./s1. The summed E-state index contributed by atoms with van der Waals surface area (Å²) < 4.78 is 0. The third-order valence-corrected chi connectivity index (χ3v) is 11.4. The lowest BCUT2D eigenvalue weighted by molar-refractivity contribution is -0.124. The molecule has 1 aliphatic heterocycles. The number of likely N-dealkylation sites (N-methyl/N-ethyl adjacent to an activating group) is 10. The van der Waals surface area contributed by atoms with Crippen LogP contribution in [0.3, 0.4) is 0 Å². The zero-order valence-corrected chi connectivity index (χ0v) is 50.2. The van der Waals surface area contributed by atoms with Gasteiger partial charge in [0.2, 0.25) is 0 Å². The number of nitrogens with one attached hydrogen (secondary N) is 8. The van der Waals surface area contributed by atoms with E-state index in [0.717, 1.165) is 58.7 Å². The van der Waals surface area contributed by atoms with E-state index in [1.807, 2.05) is 73.2 Å². The first-order chi connectivity index (χ1) is 33.9. The van der Waals surface area contributed by atoms with Gasteiger partial charge in [0.1, 0.15) is 52.0 Å². The molecule has 0 amide bonds. The van der Waals surface area contributed by atoms with Crippen molar-refractivity contribution in [2.75, 3.05) is 151 Å². The van der Waals surface area contributed by atoms with Gasteiger partial charge in [0, 0.05) is 64.6 Å². The summed E-state index contributed by atoms with van der Waals surface area (Å²) in [4.78, 5) is 105. The van der Waals surface area contributed by atoms with Gasteiger partial charge < -0.3 is 57.1 Å². The fraction of sp³-hybridized carbons (Fsp3) is 0.830. The van der Waals surface area contributed by atoms with E-state index in [0.29, 0.717) is 31.6 Å². The van der Waals surface area contributed by atoms with E-state index < -0.39 is 0 Å². The van der Waals surface area contributed by atoms with Crippen molar-refractivity contribution in [1.82, 2.24) is 62.1 Å². The van der Waals surface area contributed by atoms with Crippen LogP contribution in [0.5, 0.6) is 0 Å². The van der Waals surface area contributed by atoms with Crippen LogP contribution in [0.15, 0.2) is 0 Å². The lowest BCUT2D eigenvalue weighted by Crippen LogP contribution is -2.52. The summed E-state index contributed by atoms with van der Waals surface area (Å²) in [5.74, 6) is 1.61. The highest BCUT2D eigenvalue weighted by molar-refractivity contribution is 5.88. The van der Waals surface area contributed by atoms with Gasteiger partial charge >= 0.3 is 0 Å². The lowest BCUT2D eigenvalue weighted by Gasteiger charge is -2.36. The Labute approximate surface area is 451 Å². The monoisotopic (exact) mass is 1060 g/mol. The zero-order valence-electron chi connectivity index (χ0n) is 50.2. The predicted octanol–water partition coefficient (Wildman–Crippen LogP) is 0.376. The number of Topliss-reactive ketones (excluding diaryl/α,β-unsaturated/α-hetero) is 9. The molecule has 0 aromatic rings. The average Bonchev–Trinajstić information content (AvgIpc) is 3.29. The molecular formula is C53H114N12O9. The highest BCUT2D eigenvalue weighted by Crippen LogP contribution is 2.07. The molecule has 1 fully saturated rings. The van der Waals surface area contributed by atoms with Crippen LogP contribution < -0.4 is 42.5 Å². The highest BCUT2D eigenvalue weighted by atomic mass is 16.2. The summed E-state index contributed by atoms with van der Waals surface area (Å²) in [6.07, 6.45) is 3.44. The fourth-order valence-electron chi connectivity index (χ4n) is 6.63. The van der Waals surface area contributed by atoms with E-state index >= 15 is 0 Å². The van der Waals surface area contributed by atoms with Crippen LogP contribution in [0.2, 0.25) is 0 Å². The molecule has 1 rings (SSSR count). The number of rotatable bonds is 29. The largest absolute Gasteiger partial charge is 0.320 e. The van der Waals surface area contributed by atoms with Gasteiger partial charge in [-0.3, -0.25) is 48.2 Å². The van der Waals surface area contributed by atoms with E-state index in [-0.39, 0.29) is 95.9 Å². The molecule has 0 aromatic carbocycles. The summed E-state index contributed by atoms with van der Waals surface area (Å²) in [6.45, 7) is 21.1. The van der Waals surface area contributed by atoms with Gasteiger partial charge in [0.05, 0.1) is 36.3 Å². The van der Waals surface area contributed by atoms with Crippen molar-refractivity contribution in [3.63, 3.8) is 0 Å². The third-order valence-electron chi connectivity index (χ3n) is 11.4. The van der Waals surface area contributed by atoms with Crippen LogP contribution in [-0.2, 0) is 43.2 Å². The van der Waals surface area contributed by atoms with Crippen LogP contribution >= 0.6 is 0 Å². The van der Waals surface area contributed by atoms with Crippen LogP contribution in [0.25, 0.3) is 0 Å². The molecule has 1 heterocycles. The molecule has 0 spiro atoms. The molecule has 8 N–H and O–H groups in total. The molecule has 1 saturated heterocycles. The van der Waals surface area contributed by atoms with E-state index in [4.69, 9.17) is 0 Å². The van der Waals surface area contributed by atoms with Crippen molar-refractivity contribution in [2.45, 2.75) is 138 Å². The van der Waals surface area contributed by atoms with Gasteiger partial charge in [0.15, 0.2) is 0 Å². The lowest BCUT2D eigenvalue weighted by atomic mass is 9.99. The number of hydrogen-bond donors (Lipinski definition) is 8. The van der Waals surface area contributed by atoms with E-state index in [1.54, 1.807) is 62.8 Å². The van der Waals surface area contributed by atoms with Crippen molar-refractivity contribution >= 4 is 52.0 Å². The molecule has 0 saturated carbocycles. The van der Waals surface area contributed by atoms with Gasteiger partial charge in [-0.05, 0) is 187 Å². The van der Waals surface area contributed by atoms with Gasteiger partial charge in [-0.1, -0.05) is 7.43 Å². The van der Waals surface area contributed by atoms with Crippen molar-refractivity contribution < 1.29 is 43.2 Å².